The molecule has 0 spiro atoms. The van der Waals surface area contributed by atoms with Gasteiger partial charge in [0.05, 0.1) is 23.6 Å². The van der Waals surface area contributed by atoms with Gasteiger partial charge in [-0.2, -0.15) is 5.10 Å². The Bertz CT molecular complexity index is 1030. The number of aromatic nitrogens is 4. The van der Waals surface area contributed by atoms with Crippen LogP contribution in [0.25, 0.3) is 10.9 Å². The van der Waals surface area contributed by atoms with Crippen molar-refractivity contribution in [3.05, 3.63) is 41.7 Å². The number of fused-ring (bicyclic) bond motifs is 1. The first-order valence-electron chi connectivity index (χ1n) is 9.14. The number of rotatable bonds is 4. The van der Waals surface area contributed by atoms with Crippen LogP contribution < -0.4 is 15.5 Å². The summed E-state index contributed by atoms with van der Waals surface area (Å²) < 4.78 is 16.3. The van der Waals surface area contributed by atoms with Gasteiger partial charge in [-0.05, 0) is 26.5 Å². The summed E-state index contributed by atoms with van der Waals surface area (Å²) in [4.78, 5) is 23.2. The van der Waals surface area contributed by atoms with Gasteiger partial charge in [0.2, 0.25) is 0 Å². The lowest BCUT2D eigenvalue weighted by Gasteiger charge is -2.17. The molecular formula is C19H22FN7O. The molecule has 0 aliphatic carbocycles. The number of carbonyl (C=O) groups excluding carboxylic acids is 1. The largest absolute Gasteiger partial charge is 0.354 e. The number of nitrogens with zero attached hydrogens (tertiary/aromatic N) is 5. The monoisotopic (exact) mass is 383 g/mol. The van der Waals surface area contributed by atoms with Gasteiger partial charge in [0.1, 0.15) is 11.5 Å². The predicted octanol–water partition coefficient (Wildman–Crippen LogP) is 1.86. The van der Waals surface area contributed by atoms with Crippen molar-refractivity contribution in [3.63, 3.8) is 0 Å². The average Bonchev–Trinajstić information content (AvgIpc) is 3.32. The van der Waals surface area contributed by atoms with Gasteiger partial charge in [0.25, 0.3) is 5.91 Å². The van der Waals surface area contributed by atoms with Gasteiger partial charge in [-0.1, -0.05) is 0 Å². The van der Waals surface area contributed by atoms with Crippen LogP contribution in [0.4, 0.5) is 15.9 Å². The smallest absolute Gasteiger partial charge is 0.275 e. The minimum atomic E-state index is -0.505. The van der Waals surface area contributed by atoms with E-state index in [1.807, 2.05) is 7.05 Å². The Morgan fingerprint density at radius 2 is 2.14 bits per heavy atom. The lowest BCUT2D eigenvalue weighted by atomic mass is 10.1. The second-order valence-electron chi connectivity index (χ2n) is 7.04. The highest BCUT2D eigenvalue weighted by molar-refractivity contribution is 6.04. The zero-order valence-corrected chi connectivity index (χ0v) is 16.0. The number of halogens is 1. The highest BCUT2D eigenvalue weighted by Crippen LogP contribution is 2.27. The number of benzene rings is 1. The molecule has 0 saturated carbocycles. The van der Waals surface area contributed by atoms with Crippen LogP contribution in [0.1, 0.15) is 22.5 Å². The maximum absolute atomic E-state index is 14.6. The fourth-order valence-electron chi connectivity index (χ4n) is 3.51. The number of hydrogen-bond acceptors (Lipinski definition) is 6. The molecule has 28 heavy (non-hydrogen) atoms. The molecule has 1 saturated heterocycles. The standard InChI is InChI=1S/C19H22FN7O/c1-11-17(20)14(6-12-9-26(3)25-18(11)12)24-19(28)15-7-23-16(8-22-15)27-5-4-13(10-27)21-2/h6-9,13,21H,4-5,10H2,1-3H3,(H,24,28)/t13-/m1/s1. The summed E-state index contributed by atoms with van der Waals surface area (Å²) in [7, 11) is 3.71. The molecule has 1 fully saturated rings. The molecule has 1 amide bonds. The third-order valence-electron chi connectivity index (χ3n) is 5.12. The van der Waals surface area contributed by atoms with Gasteiger partial charge >= 0.3 is 0 Å². The normalized spacial score (nSPS) is 16.7. The van der Waals surface area contributed by atoms with Crippen LogP contribution in [0, 0.1) is 12.7 Å². The fraction of sp³-hybridized carbons (Fsp3) is 0.368. The minimum absolute atomic E-state index is 0.102. The third kappa shape index (κ3) is 3.29. The average molecular weight is 383 g/mol. The van der Waals surface area contributed by atoms with Crippen LogP contribution >= 0.6 is 0 Å². The van der Waals surface area contributed by atoms with E-state index in [1.54, 1.807) is 37.1 Å². The molecule has 1 aliphatic rings. The lowest BCUT2D eigenvalue weighted by Crippen LogP contribution is -2.30. The van der Waals surface area contributed by atoms with Crippen molar-refractivity contribution in [2.75, 3.05) is 30.4 Å². The number of hydrogen-bond donors (Lipinski definition) is 2. The first kappa shape index (κ1) is 18.3. The van der Waals surface area contributed by atoms with Crippen molar-refractivity contribution in [2.24, 2.45) is 7.05 Å². The van der Waals surface area contributed by atoms with Crippen molar-refractivity contribution < 1.29 is 9.18 Å². The Morgan fingerprint density at radius 3 is 2.82 bits per heavy atom. The maximum atomic E-state index is 14.6. The molecule has 0 unspecified atom stereocenters. The highest BCUT2D eigenvalue weighted by atomic mass is 19.1. The predicted molar refractivity (Wildman–Crippen MR) is 105 cm³/mol. The zero-order valence-electron chi connectivity index (χ0n) is 16.0. The van der Waals surface area contributed by atoms with E-state index in [9.17, 15) is 9.18 Å². The number of amides is 1. The van der Waals surface area contributed by atoms with E-state index in [4.69, 9.17) is 0 Å². The van der Waals surface area contributed by atoms with Gasteiger partial charge < -0.3 is 15.5 Å². The number of carbonyl (C=O) groups is 1. The van der Waals surface area contributed by atoms with E-state index < -0.39 is 11.7 Å². The number of likely N-dealkylation sites (N-methyl/N-ethyl adjacent to an activating group) is 1. The molecule has 3 heterocycles. The summed E-state index contributed by atoms with van der Waals surface area (Å²) in [6.45, 7) is 3.39. The van der Waals surface area contributed by atoms with Crippen molar-refractivity contribution in [2.45, 2.75) is 19.4 Å². The quantitative estimate of drug-likeness (QED) is 0.715. The van der Waals surface area contributed by atoms with Crippen LogP contribution in [0.2, 0.25) is 0 Å². The van der Waals surface area contributed by atoms with E-state index in [2.05, 4.69) is 30.6 Å². The molecule has 0 radical (unpaired) electrons. The number of aryl methyl sites for hydroxylation is 2. The molecule has 3 aromatic rings. The van der Waals surface area contributed by atoms with Crippen molar-refractivity contribution in [3.8, 4) is 0 Å². The van der Waals surface area contributed by atoms with Crippen molar-refractivity contribution in [1.82, 2.24) is 25.1 Å². The SMILES string of the molecule is CN[C@@H]1CCN(c2cnc(C(=O)Nc3cc4cn(C)nc4c(C)c3F)cn2)C1. The molecule has 2 aromatic heterocycles. The van der Waals surface area contributed by atoms with Gasteiger partial charge in [0.15, 0.2) is 5.82 Å². The van der Waals surface area contributed by atoms with Gasteiger partial charge in [-0.25, -0.2) is 14.4 Å². The third-order valence-corrected chi connectivity index (χ3v) is 5.12. The summed E-state index contributed by atoms with van der Waals surface area (Å²) >= 11 is 0. The summed E-state index contributed by atoms with van der Waals surface area (Å²) in [5, 5.41) is 10.8. The van der Waals surface area contributed by atoms with E-state index >= 15 is 0 Å². The molecule has 9 heteroatoms. The van der Waals surface area contributed by atoms with Gasteiger partial charge in [0, 0.05) is 43.3 Å². The van der Waals surface area contributed by atoms with E-state index in [0.717, 1.165) is 30.7 Å². The fourth-order valence-corrected chi connectivity index (χ4v) is 3.51. The second kappa shape index (κ2) is 7.16. The van der Waals surface area contributed by atoms with Crippen molar-refractivity contribution in [1.29, 1.82) is 0 Å². The second-order valence-corrected chi connectivity index (χ2v) is 7.04. The zero-order chi connectivity index (χ0) is 19.8. The molecule has 8 nitrogen and oxygen atoms in total. The van der Waals surface area contributed by atoms with Gasteiger partial charge in [-0.3, -0.25) is 9.48 Å². The first-order chi connectivity index (χ1) is 13.5. The number of nitrogens with one attached hydrogen (secondary N) is 2. The van der Waals surface area contributed by atoms with Crippen LogP contribution in [-0.2, 0) is 7.05 Å². The van der Waals surface area contributed by atoms with E-state index in [0.29, 0.717) is 17.1 Å². The van der Waals surface area contributed by atoms with Crippen LogP contribution in [0.15, 0.2) is 24.7 Å². The molecule has 1 atom stereocenters. The minimum Gasteiger partial charge on any atom is -0.354 e. The lowest BCUT2D eigenvalue weighted by molar-refractivity contribution is 0.102. The summed E-state index contributed by atoms with van der Waals surface area (Å²) in [6.07, 6.45) is 5.82. The summed E-state index contributed by atoms with van der Waals surface area (Å²) in [5.41, 5.74) is 1.21. The molecule has 1 aromatic carbocycles. The molecular weight excluding hydrogens is 361 g/mol. The first-order valence-corrected chi connectivity index (χ1v) is 9.14. The summed E-state index contributed by atoms with van der Waals surface area (Å²) in [5.74, 6) is -0.275. The van der Waals surface area contributed by atoms with E-state index in [1.165, 1.54) is 6.20 Å². The topological polar surface area (TPSA) is 88.0 Å². The Balaban J connectivity index is 1.52. The Hall–Kier alpha value is -3.07. The number of anilines is 2. The Morgan fingerprint density at radius 1 is 1.32 bits per heavy atom. The molecule has 1 aliphatic heterocycles. The van der Waals surface area contributed by atoms with E-state index in [-0.39, 0.29) is 11.4 Å². The van der Waals surface area contributed by atoms with Crippen LogP contribution in [0.5, 0.6) is 0 Å². The Kier molecular flexibility index (Phi) is 4.68. The van der Waals surface area contributed by atoms with Gasteiger partial charge in [-0.15, -0.1) is 0 Å². The maximum Gasteiger partial charge on any atom is 0.275 e. The molecule has 4 rings (SSSR count). The summed E-state index contributed by atoms with van der Waals surface area (Å²) in [6, 6.07) is 2.00. The van der Waals surface area contributed by atoms with Crippen LogP contribution in [0.3, 0.4) is 0 Å². The van der Waals surface area contributed by atoms with Crippen LogP contribution in [-0.4, -0.2) is 51.8 Å². The highest BCUT2D eigenvalue weighted by Gasteiger charge is 2.23. The Labute approximate surface area is 161 Å². The molecule has 0 bridgehead atoms. The van der Waals surface area contributed by atoms with Crippen molar-refractivity contribution >= 4 is 28.3 Å². The molecule has 146 valence electrons. The molecule has 2 N–H and O–H groups in total.